The number of carbonyl (C=O) groups is 3. The van der Waals surface area contributed by atoms with Gasteiger partial charge >= 0.3 is 6.18 Å². The van der Waals surface area contributed by atoms with Crippen molar-refractivity contribution in [3.8, 4) is 0 Å². The molecule has 0 unspecified atom stereocenters. The Morgan fingerprint density at radius 3 is 2.14 bits per heavy atom. The molecule has 0 saturated carbocycles. The highest BCUT2D eigenvalue weighted by Crippen LogP contribution is 2.46. The Morgan fingerprint density at radius 2 is 1.56 bits per heavy atom. The Morgan fingerprint density at radius 1 is 0.944 bits per heavy atom. The monoisotopic (exact) mass is 493 g/mol. The second-order valence-corrected chi connectivity index (χ2v) is 8.29. The molecular weight excluding hydrogens is 471 g/mol. The van der Waals surface area contributed by atoms with E-state index >= 15 is 0 Å². The smallest absolute Gasteiger partial charge is 0.326 e. The molecule has 9 heteroatoms. The van der Waals surface area contributed by atoms with E-state index < -0.39 is 34.9 Å². The Bertz CT molecular complexity index is 1310. The van der Waals surface area contributed by atoms with Crippen molar-refractivity contribution >= 4 is 17.6 Å². The first-order valence-corrected chi connectivity index (χ1v) is 11.1. The number of aromatic nitrogens is 1. The summed E-state index contributed by atoms with van der Waals surface area (Å²) < 4.78 is 44.7. The fraction of sp³-hybridized carbons (Fsp3) is 0.185. The second kappa shape index (κ2) is 9.77. The number of Topliss-reactive ketones (excluding diaryl/α,β-unsaturated/α-hetero) is 1. The summed E-state index contributed by atoms with van der Waals surface area (Å²) in [4.78, 5) is 44.7. The van der Waals surface area contributed by atoms with Crippen LogP contribution < -0.4 is 5.32 Å². The van der Waals surface area contributed by atoms with Crippen LogP contribution in [0.5, 0.6) is 0 Å². The van der Waals surface area contributed by atoms with Crippen molar-refractivity contribution in [3.05, 3.63) is 113 Å². The molecular formula is C27H22F3N3O3. The van der Waals surface area contributed by atoms with Crippen LogP contribution in [-0.4, -0.2) is 45.7 Å². The number of hydrogen-bond acceptors (Lipinski definition) is 4. The standard InChI is InChI=1S/C27H22F3N3O3/c1-18-22(23(34)20-11-6-3-7-12-20)26(27(28,29)30,32-24(35)21-13-8-15-31-17-21)25(36)33(18)16-14-19-9-4-2-5-10-19/h2-13,15,17H,14,16H2,1H3,(H,32,35)/t26-/m1/s1. The third-order valence-electron chi connectivity index (χ3n) is 6.09. The van der Waals surface area contributed by atoms with E-state index in [0.717, 1.165) is 16.7 Å². The maximum absolute atomic E-state index is 14.9. The van der Waals surface area contributed by atoms with Gasteiger partial charge < -0.3 is 10.2 Å². The van der Waals surface area contributed by atoms with Crippen LogP contribution >= 0.6 is 0 Å². The molecule has 1 N–H and O–H groups in total. The van der Waals surface area contributed by atoms with E-state index in [0.29, 0.717) is 0 Å². The van der Waals surface area contributed by atoms with Gasteiger partial charge in [-0.1, -0.05) is 60.7 Å². The summed E-state index contributed by atoms with van der Waals surface area (Å²) in [6.07, 6.45) is -2.62. The quantitative estimate of drug-likeness (QED) is 0.497. The van der Waals surface area contributed by atoms with E-state index in [1.54, 1.807) is 36.4 Å². The van der Waals surface area contributed by atoms with Crippen LogP contribution in [0.1, 0.15) is 33.2 Å². The molecule has 1 atom stereocenters. The third-order valence-corrected chi connectivity index (χ3v) is 6.09. The van der Waals surface area contributed by atoms with Crippen LogP contribution in [0.15, 0.2) is 96.5 Å². The van der Waals surface area contributed by atoms with Crippen LogP contribution in [0.4, 0.5) is 13.2 Å². The van der Waals surface area contributed by atoms with Gasteiger partial charge in [-0.25, -0.2) is 0 Å². The molecule has 4 rings (SSSR count). The minimum atomic E-state index is -5.31. The first-order valence-electron chi connectivity index (χ1n) is 11.1. The van der Waals surface area contributed by atoms with Crippen LogP contribution in [-0.2, 0) is 11.2 Å². The van der Waals surface area contributed by atoms with E-state index in [2.05, 4.69) is 4.98 Å². The summed E-state index contributed by atoms with van der Waals surface area (Å²) in [7, 11) is 0. The Hall–Kier alpha value is -4.27. The number of nitrogens with one attached hydrogen (secondary N) is 1. The van der Waals surface area contributed by atoms with E-state index in [-0.39, 0.29) is 29.8 Å². The molecule has 0 aliphatic carbocycles. The summed E-state index contributed by atoms with van der Waals surface area (Å²) in [5, 5.41) is 1.88. The van der Waals surface area contributed by atoms with Crippen LogP contribution in [0.2, 0.25) is 0 Å². The van der Waals surface area contributed by atoms with Gasteiger partial charge in [0.2, 0.25) is 5.54 Å². The molecule has 0 saturated heterocycles. The van der Waals surface area contributed by atoms with Gasteiger partial charge in [0.05, 0.1) is 11.1 Å². The minimum absolute atomic E-state index is 0.0335. The van der Waals surface area contributed by atoms with Crippen molar-refractivity contribution in [2.75, 3.05) is 6.54 Å². The normalized spacial score (nSPS) is 17.9. The summed E-state index contributed by atoms with van der Waals surface area (Å²) in [5.41, 5.74) is -3.95. The highest BCUT2D eigenvalue weighted by atomic mass is 19.4. The highest BCUT2D eigenvalue weighted by molar-refractivity contribution is 6.19. The fourth-order valence-corrected chi connectivity index (χ4v) is 4.28. The molecule has 2 heterocycles. The van der Waals surface area contributed by atoms with E-state index in [1.807, 2.05) is 5.32 Å². The van der Waals surface area contributed by atoms with E-state index in [1.165, 1.54) is 49.5 Å². The largest absolute Gasteiger partial charge is 0.425 e. The minimum Gasteiger partial charge on any atom is -0.326 e. The number of halogens is 3. The zero-order chi connectivity index (χ0) is 25.9. The van der Waals surface area contributed by atoms with Crippen molar-refractivity contribution in [1.29, 1.82) is 0 Å². The summed E-state index contributed by atoms with van der Waals surface area (Å²) in [6.45, 7) is 1.18. The molecule has 6 nitrogen and oxygen atoms in total. The maximum atomic E-state index is 14.9. The first-order chi connectivity index (χ1) is 17.2. The predicted octanol–water partition coefficient (Wildman–Crippen LogP) is 4.35. The lowest BCUT2D eigenvalue weighted by Crippen LogP contribution is -2.66. The first kappa shape index (κ1) is 24.8. The van der Waals surface area contributed by atoms with Gasteiger partial charge in [-0.05, 0) is 31.0 Å². The summed E-state index contributed by atoms with van der Waals surface area (Å²) >= 11 is 0. The number of hydrogen-bond donors (Lipinski definition) is 1. The van der Waals surface area contributed by atoms with Gasteiger partial charge in [0.15, 0.2) is 5.78 Å². The van der Waals surface area contributed by atoms with Gasteiger partial charge in [0, 0.05) is 30.2 Å². The molecule has 36 heavy (non-hydrogen) atoms. The Kier molecular flexibility index (Phi) is 6.74. The van der Waals surface area contributed by atoms with Crippen molar-refractivity contribution in [3.63, 3.8) is 0 Å². The zero-order valence-electron chi connectivity index (χ0n) is 19.3. The van der Waals surface area contributed by atoms with Gasteiger partial charge in [-0.3, -0.25) is 19.4 Å². The number of allylic oxidation sites excluding steroid dienone is 1. The number of nitrogens with zero attached hydrogens (tertiary/aromatic N) is 2. The average Bonchev–Trinajstić information content (AvgIpc) is 3.10. The molecule has 2 amide bonds. The molecule has 0 fully saturated rings. The SMILES string of the molecule is CC1=C(C(=O)c2ccccc2)[C@](NC(=O)c2cccnc2)(C(F)(F)F)C(=O)N1CCc1ccccc1. The number of alkyl halides is 3. The number of rotatable bonds is 7. The molecule has 2 aromatic carbocycles. The Labute approximate surface area is 205 Å². The van der Waals surface area contributed by atoms with Crippen molar-refractivity contribution in [1.82, 2.24) is 15.2 Å². The van der Waals surface area contributed by atoms with E-state index in [9.17, 15) is 27.6 Å². The van der Waals surface area contributed by atoms with Crippen LogP contribution in [0.3, 0.4) is 0 Å². The Balaban J connectivity index is 1.83. The van der Waals surface area contributed by atoms with Gasteiger partial charge in [-0.2, -0.15) is 13.2 Å². The van der Waals surface area contributed by atoms with Crippen molar-refractivity contribution in [2.45, 2.75) is 25.1 Å². The van der Waals surface area contributed by atoms with Gasteiger partial charge in [0.25, 0.3) is 11.8 Å². The van der Waals surface area contributed by atoms with Gasteiger partial charge in [-0.15, -0.1) is 0 Å². The lowest BCUT2D eigenvalue weighted by atomic mass is 9.84. The van der Waals surface area contributed by atoms with Gasteiger partial charge in [0.1, 0.15) is 0 Å². The number of carbonyl (C=O) groups excluding carboxylic acids is 3. The third kappa shape index (κ3) is 4.39. The molecule has 1 aliphatic rings. The molecule has 0 bridgehead atoms. The molecule has 0 radical (unpaired) electrons. The maximum Gasteiger partial charge on any atom is 0.425 e. The average molecular weight is 493 g/mol. The van der Waals surface area contributed by atoms with Crippen LogP contribution in [0, 0.1) is 0 Å². The van der Waals surface area contributed by atoms with Crippen LogP contribution in [0.25, 0.3) is 0 Å². The molecule has 3 aromatic rings. The fourth-order valence-electron chi connectivity index (χ4n) is 4.28. The molecule has 1 aliphatic heterocycles. The number of pyridine rings is 1. The van der Waals surface area contributed by atoms with Crippen molar-refractivity contribution < 1.29 is 27.6 Å². The molecule has 0 spiro atoms. The van der Waals surface area contributed by atoms with E-state index in [4.69, 9.17) is 0 Å². The lowest BCUT2D eigenvalue weighted by molar-refractivity contribution is -0.189. The molecule has 1 aromatic heterocycles. The predicted molar refractivity (Wildman–Crippen MR) is 126 cm³/mol. The molecule has 184 valence electrons. The highest BCUT2D eigenvalue weighted by Gasteiger charge is 2.70. The number of ketones is 1. The zero-order valence-corrected chi connectivity index (χ0v) is 19.3. The topological polar surface area (TPSA) is 79.4 Å². The lowest BCUT2D eigenvalue weighted by Gasteiger charge is -2.33. The number of benzene rings is 2. The number of amides is 2. The second-order valence-electron chi connectivity index (χ2n) is 8.29. The summed E-state index contributed by atoms with van der Waals surface area (Å²) in [5.74, 6) is -3.60. The summed E-state index contributed by atoms with van der Waals surface area (Å²) in [6, 6.07) is 19.0. The van der Waals surface area contributed by atoms with Crippen molar-refractivity contribution in [2.24, 2.45) is 0 Å².